The molecule has 3 nitrogen and oxygen atoms in total. The molecule has 1 aromatic heterocycles. The number of hydrogen-bond acceptors (Lipinski definition) is 1. The molecule has 0 saturated carbocycles. The zero-order valence-electron chi connectivity index (χ0n) is 13.6. The maximum Gasteiger partial charge on any atom is 0.225 e. The van der Waals surface area contributed by atoms with Gasteiger partial charge in [0.2, 0.25) is 5.91 Å². The van der Waals surface area contributed by atoms with Crippen LogP contribution in [0.3, 0.4) is 0 Å². The Morgan fingerprint density at radius 1 is 1.12 bits per heavy atom. The summed E-state index contributed by atoms with van der Waals surface area (Å²) >= 11 is 0. The van der Waals surface area contributed by atoms with Crippen molar-refractivity contribution in [3.63, 3.8) is 0 Å². The smallest absolute Gasteiger partial charge is 0.225 e. The van der Waals surface area contributed by atoms with Gasteiger partial charge in [0.1, 0.15) is 17.5 Å². The summed E-state index contributed by atoms with van der Waals surface area (Å²) in [6.07, 6.45) is 1.11. The summed E-state index contributed by atoms with van der Waals surface area (Å²) in [6, 6.07) is 7.52. The number of primary amides is 1. The number of hydrogen-bond donors (Lipinski definition) is 2. The van der Waals surface area contributed by atoms with Crippen molar-refractivity contribution >= 4 is 16.8 Å². The molecular formula is C19H17F3N2O. The molecule has 1 amide bonds. The number of carbonyl (C=O) groups excluding carboxylic acids is 1. The SMILES string of the molecule is CCCC(C(N)=O)c1c(-c2ccc(F)cc2)[nH]c2c(F)cc(F)cc12. The first-order valence-electron chi connectivity index (χ1n) is 7.98. The summed E-state index contributed by atoms with van der Waals surface area (Å²) in [5, 5.41) is 0.272. The molecule has 3 aromatic rings. The van der Waals surface area contributed by atoms with Crippen LogP contribution in [-0.4, -0.2) is 10.9 Å². The maximum absolute atomic E-state index is 14.2. The van der Waals surface area contributed by atoms with Crippen molar-refractivity contribution in [1.82, 2.24) is 4.98 Å². The van der Waals surface area contributed by atoms with Crippen LogP contribution in [0, 0.1) is 17.5 Å². The third kappa shape index (κ3) is 3.12. The lowest BCUT2D eigenvalue weighted by atomic mass is 9.89. The zero-order chi connectivity index (χ0) is 18.1. The molecule has 2 aromatic carbocycles. The number of halogens is 3. The number of nitrogens with two attached hydrogens (primary N) is 1. The van der Waals surface area contributed by atoms with Crippen LogP contribution in [0.4, 0.5) is 13.2 Å². The minimum Gasteiger partial charge on any atom is -0.369 e. The molecule has 0 aliphatic carbocycles. The monoisotopic (exact) mass is 346 g/mol. The van der Waals surface area contributed by atoms with Gasteiger partial charge in [-0.1, -0.05) is 13.3 Å². The molecule has 130 valence electrons. The number of aromatic amines is 1. The normalized spacial score (nSPS) is 12.5. The predicted octanol–water partition coefficient (Wildman–Crippen LogP) is 4.62. The first-order valence-corrected chi connectivity index (χ1v) is 7.98. The summed E-state index contributed by atoms with van der Waals surface area (Å²) < 4.78 is 41.2. The van der Waals surface area contributed by atoms with E-state index in [0.717, 1.165) is 6.07 Å². The van der Waals surface area contributed by atoms with Crippen molar-refractivity contribution in [2.24, 2.45) is 5.73 Å². The van der Waals surface area contributed by atoms with Gasteiger partial charge < -0.3 is 10.7 Å². The number of carbonyl (C=O) groups is 1. The van der Waals surface area contributed by atoms with Gasteiger partial charge in [-0.3, -0.25) is 4.79 Å². The summed E-state index contributed by atoms with van der Waals surface area (Å²) in [5.41, 5.74) is 7.09. The van der Waals surface area contributed by atoms with E-state index in [-0.39, 0.29) is 10.9 Å². The van der Waals surface area contributed by atoms with E-state index in [2.05, 4.69) is 4.98 Å². The van der Waals surface area contributed by atoms with Gasteiger partial charge in [-0.15, -0.1) is 0 Å². The minimum absolute atomic E-state index is 0.0954. The Morgan fingerprint density at radius 2 is 1.80 bits per heavy atom. The Hall–Kier alpha value is -2.76. The lowest BCUT2D eigenvalue weighted by Gasteiger charge is -2.15. The van der Waals surface area contributed by atoms with Crippen LogP contribution in [0.15, 0.2) is 36.4 Å². The van der Waals surface area contributed by atoms with Crippen molar-refractivity contribution < 1.29 is 18.0 Å². The van der Waals surface area contributed by atoms with Crippen LogP contribution in [0.2, 0.25) is 0 Å². The van der Waals surface area contributed by atoms with E-state index >= 15 is 0 Å². The molecule has 25 heavy (non-hydrogen) atoms. The first kappa shape index (κ1) is 17.1. The third-order valence-electron chi connectivity index (χ3n) is 4.27. The van der Waals surface area contributed by atoms with Crippen LogP contribution >= 0.6 is 0 Å². The number of amides is 1. The molecule has 1 heterocycles. The van der Waals surface area contributed by atoms with Gasteiger partial charge in [-0.25, -0.2) is 13.2 Å². The second-order valence-corrected chi connectivity index (χ2v) is 5.97. The van der Waals surface area contributed by atoms with Crippen LogP contribution in [0.5, 0.6) is 0 Å². The standard InChI is InChI=1S/C19H17F3N2O/c1-2-3-13(19(23)25)16-14-8-12(21)9-15(22)18(14)24-17(16)10-4-6-11(20)7-5-10/h4-9,13,24H,2-3H2,1H3,(H2,23,25). The molecule has 3 rings (SSSR count). The van der Waals surface area contributed by atoms with Crippen LogP contribution in [0.1, 0.15) is 31.2 Å². The molecular weight excluding hydrogens is 329 g/mol. The number of fused-ring (bicyclic) bond motifs is 1. The number of benzene rings is 2. The molecule has 3 N–H and O–H groups in total. The average molecular weight is 346 g/mol. The fraction of sp³-hybridized carbons (Fsp3) is 0.211. The average Bonchev–Trinajstić information content (AvgIpc) is 2.92. The summed E-state index contributed by atoms with van der Waals surface area (Å²) in [4.78, 5) is 14.9. The number of aromatic nitrogens is 1. The fourth-order valence-electron chi connectivity index (χ4n) is 3.16. The van der Waals surface area contributed by atoms with Gasteiger partial charge in [0.25, 0.3) is 0 Å². The molecule has 1 atom stereocenters. The van der Waals surface area contributed by atoms with Crippen molar-refractivity contribution in [3.05, 3.63) is 59.4 Å². The Morgan fingerprint density at radius 3 is 2.40 bits per heavy atom. The van der Waals surface area contributed by atoms with Crippen molar-refractivity contribution in [1.29, 1.82) is 0 Å². The first-order chi connectivity index (χ1) is 11.9. The van der Waals surface area contributed by atoms with E-state index in [1.165, 1.54) is 30.3 Å². The molecule has 0 aliphatic rings. The Kier molecular flexibility index (Phi) is 4.53. The van der Waals surface area contributed by atoms with Crippen LogP contribution in [0.25, 0.3) is 22.2 Å². The van der Waals surface area contributed by atoms with Gasteiger partial charge >= 0.3 is 0 Å². The van der Waals surface area contributed by atoms with E-state index in [1.807, 2.05) is 6.92 Å². The fourth-order valence-corrected chi connectivity index (χ4v) is 3.16. The number of nitrogens with one attached hydrogen (secondary N) is 1. The summed E-state index contributed by atoms with van der Waals surface area (Å²) in [5.74, 6) is -3.20. The lowest BCUT2D eigenvalue weighted by Crippen LogP contribution is -2.21. The number of rotatable bonds is 5. The zero-order valence-corrected chi connectivity index (χ0v) is 13.6. The predicted molar refractivity (Wildman–Crippen MR) is 90.5 cm³/mol. The third-order valence-corrected chi connectivity index (χ3v) is 4.27. The van der Waals surface area contributed by atoms with Gasteiger partial charge in [0.05, 0.1) is 17.1 Å². The molecule has 0 radical (unpaired) electrons. The van der Waals surface area contributed by atoms with Gasteiger partial charge in [-0.05, 0) is 47.9 Å². The van der Waals surface area contributed by atoms with Crippen molar-refractivity contribution in [2.45, 2.75) is 25.7 Å². The Bertz CT molecular complexity index is 932. The topological polar surface area (TPSA) is 58.9 Å². The molecule has 0 spiro atoms. The summed E-state index contributed by atoms with van der Waals surface area (Å²) in [6.45, 7) is 1.89. The number of H-pyrrole nitrogens is 1. The highest BCUT2D eigenvalue weighted by Gasteiger charge is 2.27. The minimum atomic E-state index is -0.760. The molecule has 6 heteroatoms. The van der Waals surface area contributed by atoms with Gasteiger partial charge in [-0.2, -0.15) is 0 Å². The maximum atomic E-state index is 14.2. The Labute approximate surface area is 142 Å². The molecule has 1 unspecified atom stereocenters. The lowest BCUT2D eigenvalue weighted by molar-refractivity contribution is -0.119. The Balaban J connectivity index is 2.35. The highest BCUT2D eigenvalue weighted by Crippen LogP contribution is 2.38. The van der Waals surface area contributed by atoms with E-state index < -0.39 is 29.3 Å². The second-order valence-electron chi connectivity index (χ2n) is 5.97. The van der Waals surface area contributed by atoms with Crippen molar-refractivity contribution in [3.8, 4) is 11.3 Å². The molecule has 0 bridgehead atoms. The second kappa shape index (κ2) is 6.63. The van der Waals surface area contributed by atoms with E-state index in [0.29, 0.717) is 29.7 Å². The van der Waals surface area contributed by atoms with Crippen LogP contribution in [-0.2, 0) is 4.79 Å². The van der Waals surface area contributed by atoms with Crippen LogP contribution < -0.4 is 5.73 Å². The van der Waals surface area contributed by atoms with Gasteiger partial charge in [0, 0.05) is 11.5 Å². The summed E-state index contributed by atoms with van der Waals surface area (Å²) in [7, 11) is 0. The van der Waals surface area contributed by atoms with Crippen molar-refractivity contribution in [2.75, 3.05) is 0 Å². The largest absolute Gasteiger partial charge is 0.369 e. The van der Waals surface area contributed by atoms with E-state index in [1.54, 1.807) is 0 Å². The van der Waals surface area contributed by atoms with E-state index in [4.69, 9.17) is 5.73 Å². The quantitative estimate of drug-likeness (QED) is 0.696. The van der Waals surface area contributed by atoms with E-state index in [9.17, 15) is 18.0 Å². The van der Waals surface area contributed by atoms with Gasteiger partial charge in [0.15, 0.2) is 0 Å². The molecule has 0 saturated heterocycles. The highest BCUT2D eigenvalue weighted by molar-refractivity contribution is 5.97. The molecule has 0 aliphatic heterocycles. The molecule has 0 fully saturated rings. The highest BCUT2D eigenvalue weighted by atomic mass is 19.1.